The molecule has 1 N–H and O–H groups in total. The predicted octanol–water partition coefficient (Wildman–Crippen LogP) is 5.10. The van der Waals surface area contributed by atoms with E-state index in [-0.39, 0.29) is 0 Å². The van der Waals surface area contributed by atoms with Crippen LogP contribution in [0.4, 0.5) is 0 Å². The Balaban J connectivity index is 2.19. The van der Waals surface area contributed by atoms with Crippen LogP contribution >= 0.6 is 0 Å². The molecular formula is C19H25NO. The summed E-state index contributed by atoms with van der Waals surface area (Å²) in [7, 11) is 1.99. The Morgan fingerprint density at radius 3 is 2.33 bits per heavy atom. The van der Waals surface area contributed by atoms with Crippen LogP contribution in [0.15, 0.2) is 48.5 Å². The average Bonchev–Trinajstić information content (AvgIpc) is 2.52. The third kappa shape index (κ3) is 4.08. The third-order valence-electron chi connectivity index (χ3n) is 3.74. The van der Waals surface area contributed by atoms with Crippen LogP contribution in [-0.2, 0) is 6.42 Å². The van der Waals surface area contributed by atoms with E-state index < -0.39 is 0 Å². The fourth-order valence-electron chi connectivity index (χ4n) is 2.58. The molecule has 0 radical (unpaired) electrons. The first-order valence-corrected chi connectivity index (χ1v) is 7.81. The van der Waals surface area contributed by atoms with Crippen molar-refractivity contribution >= 4 is 0 Å². The van der Waals surface area contributed by atoms with Gasteiger partial charge in [0.1, 0.15) is 11.5 Å². The Kier molecular flexibility index (Phi) is 5.82. The van der Waals surface area contributed by atoms with Crippen LogP contribution in [-0.4, -0.2) is 7.05 Å². The predicted molar refractivity (Wildman–Crippen MR) is 89.0 cm³/mol. The number of rotatable bonds is 7. The SMILES string of the molecule is CCCc1ccc(Oc2ccccc2C(CC)NC)cc1. The topological polar surface area (TPSA) is 21.3 Å². The van der Waals surface area contributed by atoms with Crippen LogP contribution in [0.25, 0.3) is 0 Å². The van der Waals surface area contributed by atoms with Gasteiger partial charge < -0.3 is 10.1 Å². The normalized spacial score (nSPS) is 12.1. The minimum atomic E-state index is 0.320. The lowest BCUT2D eigenvalue weighted by Gasteiger charge is -2.18. The summed E-state index contributed by atoms with van der Waals surface area (Å²) in [4.78, 5) is 0. The van der Waals surface area contributed by atoms with E-state index >= 15 is 0 Å². The fraction of sp³-hybridized carbons (Fsp3) is 0.368. The number of hydrogen-bond donors (Lipinski definition) is 1. The maximum atomic E-state index is 6.09. The Morgan fingerprint density at radius 1 is 1.00 bits per heavy atom. The molecule has 0 aromatic heterocycles. The van der Waals surface area contributed by atoms with E-state index in [2.05, 4.69) is 55.6 Å². The van der Waals surface area contributed by atoms with Crippen molar-refractivity contribution in [2.75, 3.05) is 7.05 Å². The molecule has 0 fully saturated rings. The number of aryl methyl sites for hydroxylation is 1. The molecule has 0 amide bonds. The number of ether oxygens (including phenoxy) is 1. The standard InChI is InChI=1S/C19H25NO/c1-4-8-15-11-13-16(14-12-15)21-19-10-7-6-9-17(19)18(5-2)20-3/h6-7,9-14,18,20H,4-5,8H2,1-3H3. The molecule has 112 valence electrons. The van der Waals surface area contributed by atoms with Gasteiger partial charge in [0, 0.05) is 11.6 Å². The number of benzene rings is 2. The molecule has 0 spiro atoms. The molecule has 21 heavy (non-hydrogen) atoms. The van der Waals surface area contributed by atoms with Crippen LogP contribution in [0.2, 0.25) is 0 Å². The molecule has 0 aliphatic rings. The summed E-state index contributed by atoms with van der Waals surface area (Å²) in [6.07, 6.45) is 3.32. The maximum Gasteiger partial charge on any atom is 0.132 e. The first-order valence-electron chi connectivity index (χ1n) is 7.81. The summed E-state index contributed by atoms with van der Waals surface area (Å²) >= 11 is 0. The Hall–Kier alpha value is -1.80. The highest BCUT2D eigenvalue weighted by atomic mass is 16.5. The molecule has 2 aromatic rings. The van der Waals surface area contributed by atoms with Gasteiger partial charge in [-0.3, -0.25) is 0 Å². The number of nitrogens with one attached hydrogen (secondary N) is 1. The van der Waals surface area contributed by atoms with E-state index in [0.717, 1.165) is 24.3 Å². The lowest BCUT2D eigenvalue weighted by molar-refractivity contribution is 0.458. The average molecular weight is 283 g/mol. The Morgan fingerprint density at radius 2 is 1.71 bits per heavy atom. The lowest BCUT2D eigenvalue weighted by atomic mass is 10.0. The van der Waals surface area contributed by atoms with Gasteiger partial charge in [0.05, 0.1) is 0 Å². The van der Waals surface area contributed by atoms with Crippen LogP contribution in [0.3, 0.4) is 0 Å². The molecule has 0 bridgehead atoms. The largest absolute Gasteiger partial charge is 0.457 e. The molecule has 2 heteroatoms. The zero-order valence-electron chi connectivity index (χ0n) is 13.2. The van der Waals surface area contributed by atoms with Crippen molar-refractivity contribution in [3.63, 3.8) is 0 Å². The van der Waals surface area contributed by atoms with E-state index in [4.69, 9.17) is 4.74 Å². The first kappa shape index (κ1) is 15.6. The molecule has 0 aliphatic heterocycles. The molecular weight excluding hydrogens is 258 g/mol. The lowest BCUT2D eigenvalue weighted by Crippen LogP contribution is -2.15. The molecule has 0 heterocycles. The van der Waals surface area contributed by atoms with E-state index in [1.807, 2.05) is 19.2 Å². The smallest absolute Gasteiger partial charge is 0.132 e. The van der Waals surface area contributed by atoms with Gasteiger partial charge in [-0.25, -0.2) is 0 Å². The first-order chi connectivity index (χ1) is 10.3. The van der Waals surface area contributed by atoms with Crippen molar-refractivity contribution in [1.82, 2.24) is 5.32 Å². The minimum absolute atomic E-state index is 0.320. The highest BCUT2D eigenvalue weighted by Gasteiger charge is 2.12. The summed E-state index contributed by atoms with van der Waals surface area (Å²) in [6.45, 7) is 4.38. The van der Waals surface area contributed by atoms with Gasteiger partial charge in [0.2, 0.25) is 0 Å². The van der Waals surface area contributed by atoms with Crippen molar-refractivity contribution in [1.29, 1.82) is 0 Å². The molecule has 0 aliphatic carbocycles. The fourth-order valence-corrected chi connectivity index (χ4v) is 2.58. The monoisotopic (exact) mass is 283 g/mol. The Bertz CT molecular complexity index is 544. The Labute approximate surface area is 128 Å². The van der Waals surface area contributed by atoms with Gasteiger partial charge in [-0.15, -0.1) is 0 Å². The zero-order chi connectivity index (χ0) is 15.1. The quantitative estimate of drug-likeness (QED) is 0.763. The second-order valence-corrected chi connectivity index (χ2v) is 5.28. The highest BCUT2D eigenvalue weighted by Crippen LogP contribution is 2.30. The summed E-state index contributed by atoms with van der Waals surface area (Å²) in [6, 6.07) is 17.0. The van der Waals surface area contributed by atoms with Crippen molar-refractivity contribution in [2.24, 2.45) is 0 Å². The van der Waals surface area contributed by atoms with E-state index in [1.165, 1.54) is 17.5 Å². The van der Waals surface area contributed by atoms with Crippen LogP contribution < -0.4 is 10.1 Å². The van der Waals surface area contributed by atoms with E-state index in [0.29, 0.717) is 6.04 Å². The van der Waals surface area contributed by atoms with Gasteiger partial charge in [-0.2, -0.15) is 0 Å². The van der Waals surface area contributed by atoms with E-state index in [1.54, 1.807) is 0 Å². The van der Waals surface area contributed by atoms with Crippen molar-refractivity contribution in [2.45, 2.75) is 39.2 Å². The minimum Gasteiger partial charge on any atom is -0.457 e. The second kappa shape index (κ2) is 7.84. The molecule has 0 saturated heterocycles. The molecule has 2 nitrogen and oxygen atoms in total. The van der Waals surface area contributed by atoms with Crippen LogP contribution in [0.1, 0.15) is 43.9 Å². The molecule has 2 aromatic carbocycles. The summed E-state index contributed by atoms with van der Waals surface area (Å²) in [5.74, 6) is 1.83. The second-order valence-electron chi connectivity index (χ2n) is 5.28. The van der Waals surface area contributed by atoms with Gasteiger partial charge in [-0.1, -0.05) is 50.6 Å². The summed E-state index contributed by atoms with van der Waals surface area (Å²) < 4.78 is 6.09. The summed E-state index contributed by atoms with van der Waals surface area (Å²) in [5.41, 5.74) is 2.57. The molecule has 1 unspecified atom stereocenters. The highest BCUT2D eigenvalue weighted by molar-refractivity contribution is 5.40. The maximum absolute atomic E-state index is 6.09. The van der Waals surface area contributed by atoms with Crippen LogP contribution in [0, 0.1) is 0 Å². The van der Waals surface area contributed by atoms with Gasteiger partial charge in [0.15, 0.2) is 0 Å². The van der Waals surface area contributed by atoms with Crippen molar-refractivity contribution < 1.29 is 4.74 Å². The van der Waals surface area contributed by atoms with Crippen molar-refractivity contribution in [3.8, 4) is 11.5 Å². The number of para-hydroxylation sites is 1. The number of hydrogen-bond acceptors (Lipinski definition) is 2. The summed E-state index contributed by atoms with van der Waals surface area (Å²) in [5, 5.41) is 3.34. The zero-order valence-corrected chi connectivity index (χ0v) is 13.2. The molecule has 2 rings (SSSR count). The molecule has 0 saturated carbocycles. The van der Waals surface area contributed by atoms with Gasteiger partial charge in [-0.05, 0) is 43.7 Å². The van der Waals surface area contributed by atoms with E-state index in [9.17, 15) is 0 Å². The van der Waals surface area contributed by atoms with Crippen molar-refractivity contribution in [3.05, 3.63) is 59.7 Å². The molecule has 1 atom stereocenters. The van der Waals surface area contributed by atoms with Gasteiger partial charge >= 0.3 is 0 Å². The van der Waals surface area contributed by atoms with Gasteiger partial charge in [0.25, 0.3) is 0 Å². The van der Waals surface area contributed by atoms with Crippen LogP contribution in [0.5, 0.6) is 11.5 Å². The third-order valence-corrected chi connectivity index (χ3v) is 3.74.